The molecular formula is C47H46FN3O6. The van der Waals surface area contributed by atoms with Gasteiger partial charge in [-0.2, -0.15) is 0 Å². The van der Waals surface area contributed by atoms with Gasteiger partial charge < -0.3 is 16.4 Å². The van der Waals surface area contributed by atoms with Gasteiger partial charge in [0.25, 0.3) is 5.91 Å². The number of halogens is 1. The number of hydrogen-bond donors (Lipinski definition) is 3. The van der Waals surface area contributed by atoms with Crippen LogP contribution in [0.4, 0.5) is 4.39 Å². The SMILES string of the molecule is CC(NC(=O)[C@@H](CC(=O)Cc1ccccc1)Cc1ccccc1)C(=O)C(=O)N[C@@H](Cc1cccc(F)c1)C(=O)C[C@@H](Cc1ccc(-c2ccccc2)cc1)C(N)=O. The smallest absolute Gasteiger partial charge is 0.290 e. The summed E-state index contributed by atoms with van der Waals surface area (Å²) in [7, 11) is 0. The lowest BCUT2D eigenvalue weighted by atomic mass is 9.89. The highest BCUT2D eigenvalue weighted by atomic mass is 19.1. The van der Waals surface area contributed by atoms with E-state index in [1.165, 1.54) is 25.1 Å². The Morgan fingerprint density at radius 2 is 1.12 bits per heavy atom. The lowest BCUT2D eigenvalue weighted by molar-refractivity contribution is -0.141. The van der Waals surface area contributed by atoms with Crippen molar-refractivity contribution in [3.63, 3.8) is 0 Å². The second-order valence-corrected chi connectivity index (χ2v) is 14.3. The van der Waals surface area contributed by atoms with Gasteiger partial charge in [0.1, 0.15) is 11.6 Å². The highest BCUT2D eigenvalue weighted by Crippen LogP contribution is 2.22. The van der Waals surface area contributed by atoms with Gasteiger partial charge in [-0.05, 0) is 71.7 Å². The lowest BCUT2D eigenvalue weighted by Gasteiger charge is -2.22. The molecule has 57 heavy (non-hydrogen) atoms. The van der Waals surface area contributed by atoms with Crippen LogP contribution in [0.2, 0.25) is 0 Å². The summed E-state index contributed by atoms with van der Waals surface area (Å²) in [6.07, 6.45) is -0.107. The first-order chi connectivity index (χ1) is 27.4. The largest absolute Gasteiger partial charge is 0.369 e. The summed E-state index contributed by atoms with van der Waals surface area (Å²) in [5.74, 6) is -6.54. The molecule has 0 saturated heterocycles. The molecule has 3 amide bonds. The Balaban J connectivity index is 1.26. The number of benzene rings is 5. The van der Waals surface area contributed by atoms with Crippen molar-refractivity contribution < 1.29 is 33.2 Å². The molecule has 0 radical (unpaired) electrons. The van der Waals surface area contributed by atoms with E-state index in [4.69, 9.17) is 5.73 Å². The summed E-state index contributed by atoms with van der Waals surface area (Å²) in [6, 6.07) is 38.4. The maximum absolute atomic E-state index is 14.2. The number of primary amides is 1. The van der Waals surface area contributed by atoms with Crippen LogP contribution in [0.15, 0.2) is 140 Å². The van der Waals surface area contributed by atoms with Crippen LogP contribution in [0.1, 0.15) is 42.0 Å². The predicted octanol–water partition coefficient (Wildman–Crippen LogP) is 5.96. The molecule has 1 unspecified atom stereocenters. The standard InChI is InChI=1S/C47H46FN3O6/c1-31(50-46(56)39(25-32-12-5-2-6-13-32)29-41(52)27-33-14-7-3-8-15-33)44(54)47(57)51-42(28-35-16-11-19-40(48)26-35)43(53)30-38(45(49)55)24-34-20-22-37(23-21-34)36-17-9-4-10-18-36/h2-23,26,31,38-39,42H,24-25,27-30H2,1H3,(H2,49,55)(H,50,56)(H,51,57)/t31?,38-,39-,42+/m1/s1. The summed E-state index contributed by atoms with van der Waals surface area (Å²) in [4.78, 5) is 80.1. The Morgan fingerprint density at radius 3 is 1.74 bits per heavy atom. The van der Waals surface area contributed by atoms with E-state index in [0.29, 0.717) is 5.56 Å². The van der Waals surface area contributed by atoms with Crippen molar-refractivity contribution in [2.45, 2.75) is 57.5 Å². The van der Waals surface area contributed by atoms with E-state index in [0.717, 1.165) is 27.8 Å². The van der Waals surface area contributed by atoms with Crippen LogP contribution in [0.25, 0.3) is 11.1 Å². The van der Waals surface area contributed by atoms with Crippen molar-refractivity contribution in [3.8, 4) is 11.1 Å². The summed E-state index contributed by atoms with van der Waals surface area (Å²) < 4.78 is 14.2. The van der Waals surface area contributed by atoms with E-state index in [1.807, 2.05) is 115 Å². The number of Topliss-reactive ketones (excluding diaryl/α,β-unsaturated/α-hetero) is 3. The van der Waals surface area contributed by atoms with Crippen LogP contribution in [0, 0.1) is 17.7 Å². The molecule has 10 heteroatoms. The van der Waals surface area contributed by atoms with Gasteiger partial charge in [0.15, 0.2) is 5.78 Å². The average Bonchev–Trinajstić information content (AvgIpc) is 3.21. The van der Waals surface area contributed by atoms with Crippen molar-refractivity contribution in [1.29, 1.82) is 0 Å². The van der Waals surface area contributed by atoms with Crippen LogP contribution < -0.4 is 16.4 Å². The van der Waals surface area contributed by atoms with E-state index in [1.54, 1.807) is 6.07 Å². The van der Waals surface area contributed by atoms with Crippen LogP contribution in [0.3, 0.4) is 0 Å². The molecule has 0 aliphatic heterocycles. The monoisotopic (exact) mass is 767 g/mol. The zero-order valence-corrected chi connectivity index (χ0v) is 31.7. The minimum Gasteiger partial charge on any atom is -0.369 e. The Morgan fingerprint density at radius 1 is 0.579 bits per heavy atom. The number of nitrogens with one attached hydrogen (secondary N) is 2. The van der Waals surface area contributed by atoms with Crippen molar-refractivity contribution in [3.05, 3.63) is 168 Å². The van der Waals surface area contributed by atoms with Gasteiger partial charge in [-0.25, -0.2) is 4.39 Å². The second-order valence-electron chi connectivity index (χ2n) is 14.3. The zero-order chi connectivity index (χ0) is 40.7. The summed E-state index contributed by atoms with van der Waals surface area (Å²) >= 11 is 0. The molecule has 292 valence electrons. The van der Waals surface area contributed by atoms with Gasteiger partial charge in [0.2, 0.25) is 17.6 Å². The van der Waals surface area contributed by atoms with Crippen molar-refractivity contribution >= 4 is 35.1 Å². The molecule has 4 N–H and O–H groups in total. The minimum atomic E-state index is -1.32. The maximum atomic E-state index is 14.2. The van der Waals surface area contributed by atoms with E-state index in [9.17, 15) is 33.2 Å². The average molecular weight is 768 g/mol. The van der Waals surface area contributed by atoms with Crippen molar-refractivity contribution in [1.82, 2.24) is 10.6 Å². The maximum Gasteiger partial charge on any atom is 0.290 e. The highest BCUT2D eigenvalue weighted by molar-refractivity contribution is 6.38. The fourth-order valence-corrected chi connectivity index (χ4v) is 6.70. The topological polar surface area (TPSA) is 152 Å². The highest BCUT2D eigenvalue weighted by Gasteiger charge is 2.32. The lowest BCUT2D eigenvalue weighted by Crippen LogP contribution is -2.52. The molecule has 5 rings (SSSR count). The Hall–Kier alpha value is -6.55. The third kappa shape index (κ3) is 12.7. The minimum absolute atomic E-state index is 0.0921. The molecule has 0 aliphatic rings. The Labute approximate surface area is 331 Å². The number of hydrogen-bond acceptors (Lipinski definition) is 6. The first-order valence-corrected chi connectivity index (χ1v) is 18.9. The summed E-state index contributed by atoms with van der Waals surface area (Å²) in [5.41, 5.74) is 10.5. The Kier molecular flexibility index (Phi) is 14.9. The molecule has 5 aromatic rings. The normalized spacial score (nSPS) is 13.0. The number of amides is 3. The molecule has 0 spiro atoms. The van der Waals surface area contributed by atoms with Gasteiger partial charge in [-0.15, -0.1) is 0 Å². The number of nitrogens with two attached hydrogens (primary N) is 1. The van der Waals surface area contributed by atoms with Crippen LogP contribution in [-0.4, -0.2) is 47.2 Å². The number of carbonyl (C=O) groups is 6. The van der Waals surface area contributed by atoms with Crippen LogP contribution in [-0.2, 0) is 54.5 Å². The zero-order valence-electron chi connectivity index (χ0n) is 31.7. The number of ketones is 3. The predicted molar refractivity (Wildman–Crippen MR) is 216 cm³/mol. The summed E-state index contributed by atoms with van der Waals surface area (Å²) in [5, 5.41) is 5.08. The molecule has 0 aliphatic carbocycles. The molecule has 9 nitrogen and oxygen atoms in total. The molecule has 0 bridgehead atoms. The van der Waals surface area contributed by atoms with Crippen molar-refractivity contribution in [2.75, 3.05) is 0 Å². The van der Waals surface area contributed by atoms with Crippen LogP contribution >= 0.6 is 0 Å². The van der Waals surface area contributed by atoms with Gasteiger partial charge >= 0.3 is 0 Å². The molecular weight excluding hydrogens is 722 g/mol. The Bertz CT molecular complexity index is 2160. The molecule has 0 heterocycles. The molecule has 5 aromatic carbocycles. The fourth-order valence-electron chi connectivity index (χ4n) is 6.70. The van der Waals surface area contributed by atoms with Gasteiger partial charge in [-0.3, -0.25) is 28.8 Å². The van der Waals surface area contributed by atoms with E-state index >= 15 is 0 Å². The third-order valence-electron chi connectivity index (χ3n) is 9.81. The van der Waals surface area contributed by atoms with E-state index in [-0.39, 0.29) is 44.3 Å². The van der Waals surface area contributed by atoms with Gasteiger partial charge in [0.05, 0.1) is 12.1 Å². The van der Waals surface area contributed by atoms with E-state index < -0.39 is 59.0 Å². The second kappa shape index (κ2) is 20.4. The van der Waals surface area contributed by atoms with Gasteiger partial charge in [-0.1, -0.05) is 127 Å². The number of rotatable bonds is 20. The number of carbonyl (C=O) groups excluding carboxylic acids is 6. The molecule has 0 aromatic heterocycles. The fraction of sp³-hybridized carbons (Fsp3) is 0.234. The molecule has 0 saturated carbocycles. The van der Waals surface area contributed by atoms with Crippen LogP contribution in [0.5, 0.6) is 0 Å². The first-order valence-electron chi connectivity index (χ1n) is 18.9. The van der Waals surface area contributed by atoms with E-state index in [2.05, 4.69) is 10.6 Å². The molecule has 0 fully saturated rings. The quantitative estimate of drug-likeness (QED) is 0.0832. The third-order valence-corrected chi connectivity index (χ3v) is 9.81. The molecule has 4 atom stereocenters. The van der Waals surface area contributed by atoms with Crippen molar-refractivity contribution in [2.24, 2.45) is 17.6 Å². The summed E-state index contributed by atoms with van der Waals surface area (Å²) in [6.45, 7) is 1.35. The van der Waals surface area contributed by atoms with Gasteiger partial charge in [0, 0.05) is 31.1 Å². The first kappa shape index (κ1) is 41.6.